The average molecular weight is 332 g/mol. The van der Waals surface area contributed by atoms with Gasteiger partial charge in [-0.1, -0.05) is 23.7 Å². The molecule has 5 nitrogen and oxygen atoms in total. The van der Waals surface area contributed by atoms with Crippen molar-refractivity contribution in [2.24, 2.45) is 5.73 Å². The summed E-state index contributed by atoms with van der Waals surface area (Å²) in [4.78, 5) is 12.6. The van der Waals surface area contributed by atoms with E-state index in [0.717, 1.165) is 17.7 Å². The molecule has 23 heavy (non-hydrogen) atoms. The minimum absolute atomic E-state index is 0.250. The predicted octanol–water partition coefficient (Wildman–Crippen LogP) is 2.53. The molecule has 0 aliphatic carbocycles. The van der Waals surface area contributed by atoms with E-state index in [9.17, 15) is 4.79 Å². The lowest BCUT2D eigenvalue weighted by Gasteiger charge is -2.14. The van der Waals surface area contributed by atoms with Crippen LogP contribution in [0.15, 0.2) is 36.4 Å². The maximum Gasteiger partial charge on any atom is 0.259 e. The molecule has 1 heterocycles. The zero-order valence-corrected chi connectivity index (χ0v) is 13.3. The van der Waals surface area contributed by atoms with Gasteiger partial charge in [-0.3, -0.25) is 4.79 Å². The molecule has 4 N–H and O–H groups in total. The number of rotatable bonds is 3. The van der Waals surface area contributed by atoms with E-state index in [-0.39, 0.29) is 5.91 Å². The number of ether oxygens (including phenoxy) is 1. The topological polar surface area (TPSA) is 76.4 Å². The monoisotopic (exact) mass is 331 g/mol. The van der Waals surface area contributed by atoms with Crippen molar-refractivity contribution in [3.8, 4) is 5.75 Å². The molecule has 1 aliphatic heterocycles. The standard InChI is InChI=1S/C17H18ClN3O2/c18-13-7-12-10-20-4-5-23-16(12)15(8-13)17(22)21-14-3-1-2-11(6-14)9-19/h1-3,6-8,20H,4-5,9-10,19H2,(H,21,22). The Balaban J connectivity index is 1.91. The highest BCUT2D eigenvalue weighted by molar-refractivity contribution is 6.31. The van der Waals surface area contributed by atoms with Crippen LogP contribution in [0.4, 0.5) is 5.69 Å². The summed E-state index contributed by atoms with van der Waals surface area (Å²) in [6.07, 6.45) is 0. The Hall–Kier alpha value is -2.08. The lowest BCUT2D eigenvalue weighted by Crippen LogP contribution is -2.16. The van der Waals surface area contributed by atoms with Crippen LogP contribution in [-0.2, 0) is 13.1 Å². The van der Waals surface area contributed by atoms with Crippen molar-refractivity contribution in [3.63, 3.8) is 0 Å². The second-order valence-electron chi connectivity index (χ2n) is 5.33. The molecule has 0 saturated carbocycles. The third-order valence-electron chi connectivity index (χ3n) is 3.64. The molecule has 0 spiro atoms. The Kier molecular flexibility index (Phi) is 4.81. The average Bonchev–Trinajstić information content (AvgIpc) is 2.79. The summed E-state index contributed by atoms with van der Waals surface area (Å²) in [6.45, 7) is 2.29. The van der Waals surface area contributed by atoms with Crippen LogP contribution in [0.25, 0.3) is 0 Å². The first-order valence-corrected chi connectivity index (χ1v) is 7.81. The van der Waals surface area contributed by atoms with Crippen molar-refractivity contribution in [3.05, 3.63) is 58.1 Å². The maximum absolute atomic E-state index is 12.6. The van der Waals surface area contributed by atoms with Crippen LogP contribution in [0.3, 0.4) is 0 Å². The number of nitrogens with one attached hydrogen (secondary N) is 2. The minimum Gasteiger partial charge on any atom is -0.491 e. The van der Waals surface area contributed by atoms with Crippen LogP contribution in [0, 0.1) is 0 Å². The molecule has 120 valence electrons. The summed E-state index contributed by atoms with van der Waals surface area (Å²) in [5.41, 5.74) is 8.60. The number of carbonyl (C=O) groups is 1. The maximum atomic E-state index is 12.6. The van der Waals surface area contributed by atoms with Gasteiger partial charge in [0, 0.05) is 35.9 Å². The zero-order valence-electron chi connectivity index (χ0n) is 12.6. The highest BCUT2D eigenvalue weighted by Crippen LogP contribution is 2.30. The van der Waals surface area contributed by atoms with E-state index >= 15 is 0 Å². The second kappa shape index (κ2) is 7.00. The largest absolute Gasteiger partial charge is 0.491 e. The van der Waals surface area contributed by atoms with Crippen molar-refractivity contribution >= 4 is 23.2 Å². The highest BCUT2D eigenvalue weighted by Gasteiger charge is 2.20. The number of anilines is 1. The molecule has 0 fully saturated rings. The first-order chi connectivity index (χ1) is 11.2. The van der Waals surface area contributed by atoms with Crippen molar-refractivity contribution in [2.45, 2.75) is 13.1 Å². The van der Waals surface area contributed by atoms with Crippen LogP contribution in [0.1, 0.15) is 21.5 Å². The van der Waals surface area contributed by atoms with Gasteiger partial charge in [-0.05, 0) is 29.8 Å². The van der Waals surface area contributed by atoms with Gasteiger partial charge in [-0.25, -0.2) is 0 Å². The van der Waals surface area contributed by atoms with Gasteiger partial charge in [0.25, 0.3) is 5.91 Å². The Morgan fingerprint density at radius 2 is 2.22 bits per heavy atom. The molecule has 3 rings (SSSR count). The molecule has 2 aromatic carbocycles. The molecular weight excluding hydrogens is 314 g/mol. The second-order valence-corrected chi connectivity index (χ2v) is 5.76. The van der Waals surface area contributed by atoms with Crippen LogP contribution < -0.4 is 21.1 Å². The number of amides is 1. The smallest absolute Gasteiger partial charge is 0.259 e. The lowest BCUT2D eigenvalue weighted by molar-refractivity contribution is 0.102. The summed E-state index contributed by atoms with van der Waals surface area (Å²) in [6, 6.07) is 10.9. The van der Waals surface area contributed by atoms with Crippen LogP contribution >= 0.6 is 11.6 Å². The zero-order chi connectivity index (χ0) is 16.2. The van der Waals surface area contributed by atoms with E-state index in [0.29, 0.717) is 41.7 Å². The van der Waals surface area contributed by atoms with Gasteiger partial charge < -0.3 is 21.1 Å². The van der Waals surface area contributed by atoms with E-state index in [1.807, 2.05) is 30.3 Å². The van der Waals surface area contributed by atoms with E-state index < -0.39 is 0 Å². The number of nitrogens with two attached hydrogens (primary N) is 1. The van der Waals surface area contributed by atoms with Crippen molar-refractivity contribution in [1.29, 1.82) is 0 Å². The summed E-state index contributed by atoms with van der Waals surface area (Å²) >= 11 is 6.15. The summed E-state index contributed by atoms with van der Waals surface area (Å²) in [5, 5.41) is 6.62. The number of hydrogen-bond donors (Lipinski definition) is 3. The van der Waals surface area contributed by atoms with Crippen LogP contribution in [0.5, 0.6) is 5.75 Å². The Bertz CT molecular complexity index is 734. The lowest BCUT2D eigenvalue weighted by atomic mass is 10.1. The molecule has 0 unspecified atom stereocenters. The molecule has 2 aromatic rings. The molecule has 0 bridgehead atoms. The number of hydrogen-bond acceptors (Lipinski definition) is 4. The van der Waals surface area contributed by atoms with Crippen LogP contribution in [0.2, 0.25) is 5.02 Å². The van der Waals surface area contributed by atoms with Crippen molar-refractivity contribution < 1.29 is 9.53 Å². The van der Waals surface area contributed by atoms with Gasteiger partial charge in [-0.15, -0.1) is 0 Å². The summed E-state index contributed by atoms with van der Waals surface area (Å²) in [7, 11) is 0. The Labute approximate surface area is 139 Å². The molecule has 6 heteroatoms. The molecule has 1 amide bonds. The van der Waals surface area contributed by atoms with Gasteiger partial charge >= 0.3 is 0 Å². The summed E-state index contributed by atoms with van der Waals surface area (Å²) < 4.78 is 5.74. The van der Waals surface area contributed by atoms with Crippen molar-refractivity contribution in [2.75, 3.05) is 18.5 Å². The summed E-state index contributed by atoms with van der Waals surface area (Å²) in [5.74, 6) is 0.340. The fraction of sp³-hybridized carbons (Fsp3) is 0.235. The SMILES string of the molecule is NCc1cccc(NC(=O)c2cc(Cl)cc3c2OCCNC3)c1. The minimum atomic E-state index is -0.250. The fourth-order valence-electron chi connectivity index (χ4n) is 2.54. The van der Waals surface area contributed by atoms with Gasteiger partial charge in [0.2, 0.25) is 0 Å². The van der Waals surface area contributed by atoms with Gasteiger partial charge in [-0.2, -0.15) is 0 Å². The van der Waals surface area contributed by atoms with E-state index in [2.05, 4.69) is 10.6 Å². The highest BCUT2D eigenvalue weighted by atomic mass is 35.5. The number of fused-ring (bicyclic) bond motifs is 1. The van der Waals surface area contributed by atoms with Gasteiger partial charge in [0.15, 0.2) is 0 Å². The molecule has 0 atom stereocenters. The van der Waals surface area contributed by atoms with E-state index in [1.165, 1.54) is 0 Å². The molecule has 0 saturated heterocycles. The first kappa shape index (κ1) is 15.8. The van der Waals surface area contributed by atoms with Crippen molar-refractivity contribution in [1.82, 2.24) is 5.32 Å². The normalized spacial score (nSPS) is 13.7. The molecule has 1 aliphatic rings. The molecule has 0 radical (unpaired) electrons. The quantitative estimate of drug-likeness (QED) is 0.807. The molecular formula is C17H18ClN3O2. The fourth-order valence-corrected chi connectivity index (χ4v) is 2.78. The third-order valence-corrected chi connectivity index (χ3v) is 3.85. The Morgan fingerprint density at radius 3 is 3.04 bits per heavy atom. The van der Waals surface area contributed by atoms with Crippen LogP contribution in [-0.4, -0.2) is 19.1 Å². The van der Waals surface area contributed by atoms with E-state index in [1.54, 1.807) is 6.07 Å². The number of carbonyl (C=O) groups excluding carboxylic acids is 1. The van der Waals surface area contributed by atoms with Gasteiger partial charge in [0.05, 0.1) is 5.56 Å². The first-order valence-electron chi connectivity index (χ1n) is 7.43. The Morgan fingerprint density at radius 1 is 1.35 bits per heavy atom. The van der Waals surface area contributed by atoms with E-state index in [4.69, 9.17) is 22.1 Å². The molecule has 0 aromatic heterocycles. The number of benzene rings is 2. The third kappa shape index (κ3) is 3.64. The number of halogens is 1. The van der Waals surface area contributed by atoms with Gasteiger partial charge in [0.1, 0.15) is 12.4 Å². The predicted molar refractivity (Wildman–Crippen MR) is 90.9 cm³/mol.